The number of nitrogens with one attached hydrogen (secondary N) is 1. The number of methoxy groups -OCH3 is 1. The van der Waals surface area contributed by atoms with Gasteiger partial charge in [0.2, 0.25) is 0 Å². The number of hydrogen-bond acceptors (Lipinski definition) is 6. The number of aliphatic hydroxyl groups excluding tert-OH is 1. The summed E-state index contributed by atoms with van der Waals surface area (Å²) in [4.78, 5) is 28.9. The van der Waals surface area contributed by atoms with Gasteiger partial charge in [0.1, 0.15) is 11.3 Å². The van der Waals surface area contributed by atoms with Crippen LogP contribution in [0.15, 0.2) is 29.3 Å². The van der Waals surface area contributed by atoms with E-state index in [1.807, 2.05) is 0 Å². The molecule has 0 bridgehead atoms. The van der Waals surface area contributed by atoms with E-state index in [4.69, 9.17) is 4.74 Å². The predicted octanol–water partition coefficient (Wildman–Crippen LogP) is 0.0871. The van der Waals surface area contributed by atoms with E-state index >= 15 is 0 Å². The van der Waals surface area contributed by atoms with Gasteiger partial charge < -0.3 is 15.2 Å². The zero-order chi connectivity index (χ0) is 16.4. The summed E-state index contributed by atoms with van der Waals surface area (Å²) < 4.78 is 6.49. The van der Waals surface area contributed by atoms with E-state index in [2.05, 4.69) is 10.3 Å². The zero-order valence-corrected chi connectivity index (χ0v) is 12.9. The van der Waals surface area contributed by atoms with Crippen molar-refractivity contribution in [1.82, 2.24) is 14.9 Å². The van der Waals surface area contributed by atoms with Crippen molar-refractivity contribution < 1.29 is 14.6 Å². The highest BCUT2D eigenvalue weighted by Crippen LogP contribution is 2.20. The third-order valence-electron chi connectivity index (χ3n) is 4.14. The second-order valence-electron chi connectivity index (χ2n) is 5.69. The molecule has 0 spiro atoms. The summed E-state index contributed by atoms with van der Waals surface area (Å²) >= 11 is 0. The van der Waals surface area contributed by atoms with Crippen LogP contribution in [0.1, 0.15) is 12.8 Å². The maximum atomic E-state index is 12.5. The third-order valence-corrected chi connectivity index (χ3v) is 4.14. The topological polar surface area (TPSA) is 93.5 Å². The van der Waals surface area contributed by atoms with Crippen molar-refractivity contribution in [3.63, 3.8) is 0 Å². The van der Waals surface area contributed by atoms with Crippen molar-refractivity contribution in [3.8, 4) is 5.75 Å². The molecule has 0 aliphatic carbocycles. The van der Waals surface area contributed by atoms with Crippen LogP contribution in [0.4, 0.5) is 0 Å². The first-order chi connectivity index (χ1) is 11.1. The van der Waals surface area contributed by atoms with E-state index in [0.717, 1.165) is 0 Å². The standard InChI is InChI=1S/C16H19N3O4/c1-23-14-4-2-3-11-15(14)18-9-19(16(11)22)8-10(20)7-12-13(21)5-6-17-12/h2-4,9,12-13,17,21H,5-8H2,1H3/t12-,13+/m1/s1. The molecule has 2 aromatic rings. The number of ether oxygens (including phenoxy) is 1. The number of aromatic nitrogens is 2. The maximum Gasteiger partial charge on any atom is 0.261 e. The van der Waals surface area contributed by atoms with Gasteiger partial charge in [-0.3, -0.25) is 14.2 Å². The lowest BCUT2D eigenvalue weighted by molar-refractivity contribution is -0.120. The molecule has 1 aromatic heterocycles. The summed E-state index contributed by atoms with van der Waals surface area (Å²) in [5.74, 6) is 0.408. The highest BCUT2D eigenvalue weighted by molar-refractivity contribution is 5.84. The normalized spacial score (nSPS) is 20.8. The summed E-state index contributed by atoms with van der Waals surface area (Å²) in [5, 5.41) is 13.3. The summed E-state index contributed by atoms with van der Waals surface area (Å²) in [6.07, 6.45) is 1.71. The predicted molar refractivity (Wildman–Crippen MR) is 84.6 cm³/mol. The highest BCUT2D eigenvalue weighted by atomic mass is 16.5. The smallest absolute Gasteiger partial charge is 0.261 e. The zero-order valence-electron chi connectivity index (χ0n) is 12.9. The van der Waals surface area contributed by atoms with Gasteiger partial charge in [0, 0.05) is 12.5 Å². The number of hydrogen-bond donors (Lipinski definition) is 2. The molecular weight excluding hydrogens is 298 g/mol. The van der Waals surface area contributed by atoms with E-state index < -0.39 is 6.10 Å². The first kappa shape index (κ1) is 15.6. The van der Waals surface area contributed by atoms with Crippen molar-refractivity contribution in [3.05, 3.63) is 34.9 Å². The monoisotopic (exact) mass is 317 g/mol. The number of benzene rings is 1. The van der Waals surface area contributed by atoms with Crippen LogP contribution < -0.4 is 15.6 Å². The molecule has 1 aliphatic rings. The molecule has 2 atom stereocenters. The van der Waals surface area contributed by atoms with Gasteiger partial charge in [0.05, 0.1) is 31.5 Å². The first-order valence-electron chi connectivity index (χ1n) is 7.55. The number of para-hydroxylation sites is 1. The molecule has 0 radical (unpaired) electrons. The molecule has 2 heterocycles. The molecule has 3 rings (SSSR count). The average Bonchev–Trinajstić information content (AvgIpc) is 2.94. The molecule has 1 saturated heterocycles. The maximum absolute atomic E-state index is 12.5. The Hall–Kier alpha value is -2.25. The van der Waals surface area contributed by atoms with Gasteiger partial charge in [-0.25, -0.2) is 4.98 Å². The SMILES string of the molecule is COc1cccc2c(=O)n(CC(=O)C[C@H]3NCC[C@@H]3O)cnc12. The van der Waals surface area contributed by atoms with E-state index in [1.165, 1.54) is 18.0 Å². The summed E-state index contributed by atoms with van der Waals surface area (Å²) in [5.41, 5.74) is 0.207. The first-order valence-corrected chi connectivity index (χ1v) is 7.55. The number of fused-ring (bicyclic) bond motifs is 1. The molecule has 2 N–H and O–H groups in total. The molecule has 1 aromatic carbocycles. The van der Waals surface area contributed by atoms with Crippen LogP contribution in [0.25, 0.3) is 10.9 Å². The number of aliphatic hydroxyl groups is 1. The largest absolute Gasteiger partial charge is 0.494 e. The van der Waals surface area contributed by atoms with Gasteiger partial charge >= 0.3 is 0 Å². The van der Waals surface area contributed by atoms with Crippen LogP contribution in [0, 0.1) is 0 Å². The van der Waals surface area contributed by atoms with Crippen molar-refractivity contribution in [1.29, 1.82) is 0 Å². The number of rotatable bonds is 5. The fourth-order valence-corrected chi connectivity index (χ4v) is 2.90. The van der Waals surface area contributed by atoms with Crippen LogP contribution in [0.2, 0.25) is 0 Å². The number of ketones is 1. The fraction of sp³-hybridized carbons (Fsp3) is 0.438. The van der Waals surface area contributed by atoms with Crippen LogP contribution in [0.5, 0.6) is 5.75 Å². The molecule has 0 saturated carbocycles. The van der Waals surface area contributed by atoms with Crippen molar-refractivity contribution in [2.75, 3.05) is 13.7 Å². The van der Waals surface area contributed by atoms with Crippen molar-refractivity contribution >= 4 is 16.7 Å². The summed E-state index contributed by atoms with van der Waals surface area (Å²) in [7, 11) is 1.52. The number of carbonyl (C=O) groups is 1. The molecule has 1 fully saturated rings. The fourth-order valence-electron chi connectivity index (χ4n) is 2.90. The quantitative estimate of drug-likeness (QED) is 0.812. The molecule has 23 heavy (non-hydrogen) atoms. The Bertz CT molecular complexity index is 786. The third kappa shape index (κ3) is 3.11. The Morgan fingerprint density at radius 3 is 3.04 bits per heavy atom. The van der Waals surface area contributed by atoms with E-state index in [1.54, 1.807) is 18.2 Å². The molecule has 0 unspecified atom stereocenters. The number of carbonyl (C=O) groups excluding carboxylic acids is 1. The highest BCUT2D eigenvalue weighted by Gasteiger charge is 2.26. The Balaban J connectivity index is 1.82. The molecule has 7 heteroatoms. The second kappa shape index (κ2) is 6.47. The van der Waals surface area contributed by atoms with Gasteiger partial charge in [-0.15, -0.1) is 0 Å². The van der Waals surface area contributed by atoms with Gasteiger partial charge in [0.15, 0.2) is 5.78 Å². The van der Waals surface area contributed by atoms with Gasteiger partial charge in [-0.1, -0.05) is 6.07 Å². The lowest BCUT2D eigenvalue weighted by atomic mass is 10.1. The van der Waals surface area contributed by atoms with Gasteiger partial charge in [-0.2, -0.15) is 0 Å². The summed E-state index contributed by atoms with van der Waals surface area (Å²) in [6.45, 7) is 0.653. The van der Waals surface area contributed by atoms with Crippen LogP contribution in [0.3, 0.4) is 0 Å². The van der Waals surface area contributed by atoms with E-state index in [-0.39, 0.29) is 30.3 Å². The van der Waals surface area contributed by atoms with Crippen LogP contribution in [-0.2, 0) is 11.3 Å². The molecule has 7 nitrogen and oxygen atoms in total. The number of Topliss-reactive ketones (excluding diaryl/α,β-unsaturated/α-hetero) is 1. The Morgan fingerprint density at radius 2 is 2.35 bits per heavy atom. The average molecular weight is 317 g/mol. The van der Waals surface area contributed by atoms with Crippen LogP contribution in [-0.4, -0.2) is 46.2 Å². The Kier molecular flexibility index (Phi) is 4.40. The lowest BCUT2D eigenvalue weighted by Gasteiger charge is -2.14. The van der Waals surface area contributed by atoms with Crippen molar-refractivity contribution in [2.45, 2.75) is 31.5 Å². The second-order valence-corrected chi connectivity index (χ2v) is 5.69. The molecule has 122 valence electrons. The van der Waals surface area contributed by atoms with Gasteiger partial charge in [0.25, 0.3) is 5.56 Å². The minimum atomic E-state index is -0.505. The van der Waals surface area contributed by atoms with E-state index in [0.29, 0.717) is 29.6 Å². The van der Waals surface area contributed by atoms with Crippen LogP contribution >= 0.6 is 0 Å². The summed E-state index contributed by atoms with van der Waals surface area (Å²) in [6, 6.07) is 4.88. The minimum absolute atomic E-state index is 0.0517. The lowest BCUT2D eigenvalue weighted by Crippen LogP contribution is -2.34. The number of nitrogens with zero attached hydrogens (tertiary/aromatic N) is 2. The molecule has 0 amide bonds. The Morgan fingerprint density at radius 1 is 1.52 bits per heavy atom. The molecular formula is C16H19N3O4. The Labute approximate surface area is 132 Å². The van der Waals surface area contributed by atoms with Crippen molar-refractivity contribution in [2.24, 2.45) is 0 Å². The van der Waals surface area contributed by atoms with Gasteiger partial charge in [-0.05, 0) is 25.1 Å². The minimum Gasteiger partial charge on any atom is -0.494 e. The molecule has 1 aliphatic heterocycles. The van der Waals surface area contributed by atoms with E-state index in [9.17, 15) is 14.7 Å².